The van der Waals surface area contributed by atoms with Crippen molar-refractivity contribution in [2.75, 3.05) is 12.5 Å². The molecule has 0 aliphatic heterocycles. The second-order valence-corrected chi connectivity index (χ2v) is 4.63. The Morgan fingerprint density at radius 2 is 2.25 bits per heavy atom. The van der Waals surface area contributed by atoms with E-state index in [0.717, 1.165) is 11.5 Å². The Balaban J connectivity index is 2.20. The van der Waals surface area contributed by atoms with E-state index in [4.69, 9.17) is 5.84 Å². The predicted octanol–water partition coefficient (Wildman–Crippen LogP) is 0.681. The Hall–Kier alpha value is -2.41. The van der Waals surface area contributed by atoms with E-state index >= 15 is 0 Å². The number of nitrogens with one attached hydrogen (secondary N) is 1. The summed E-state index contributed by atoms with van der Waals surface area (Å²) in [6.07, 6.45) is 5.07. The minimum absolute atomic E-state index is 0.159. The lowest BCUT2D eigenvalue weighted by Crippen LogP contribution is -2.29. The van der Waals surface area contributed by atoms with Gasteiger partial charge in [-0.15, -0.1) is 0 Å². The number of carbonyl (C=O) groups is 1. The first-order valence-corrected chi connectivity index (χ1v) is 6.18. The summed E-state index contributed by atoms with van der Waals surface area (Å²) in [7, 11) is 3.61. The number of nitrogens with zero attached hydrogens (tertiary/aromatic N) is 4. The number of imidazole rings is 1. The number of pyridine rings is 1. The van der Waals surface area contributed by atoms with Crippen molar-refractivity contribution in [3.63, 3.8) is 0 Å². The van der Waals surface area contributed by atoms with Crippen molar-refractivity contribution in [2.24, 2.45) is 12.9 Å². The number of hydrazine groups is 1. The molecule has 0 radical (unpaired) electrons. The number of nitrogen functional groups attached to an aromatic ring is 1. The third kappa shape index (κ3) is 2.77. The van der Waals surface area contributed by atoms with Crippen molar-refractivity contribution in [3.05, 3.63) is 41.7 Å². The van der Waals surface area contributed by atoms with Crippen LogP contribution in [-0.2, 0) is 13.6 Å². The van der Waals surface area contributed by atoms with Gasteiger partial charge in [-0.2, -0.15) is 0 Å². The highest BCUT2D eigenvalue weighted by molar-refractivity contribution is 5.99. The maximum Gasteiger partial charge on any atom is 0.257 e. The Kier molecular flexibility index (Phi) is 3.99. The van der Waals surface area contributed by atoms with Gasteiger partial charge in [0.05, 0.1) is 17.8 Å². The monoisotopic (exact) mass is 274 g/mol. The van der Waals surface area contributed by atoms with E-state index in [1.54, 1.807) is 24.2 Å². The molecule has 0 bridgehead atoms. The van der Waals surface area contributed by atoms with Gasteiger partial charge in [0.1, 0.15) is 5.82 Å². The molecule has 7 nitrogen and oxygen atoms in total. The molecule has 2 aromatic heterocycles. The van der Waals surface area contributed by atoms with Gasteiger partial charge in [0.2, 0.25) is 0 Å². The van der Waals surface area contributed by atoms with Crippen LogP contribution in [0.1, 0.15) is 21.9 Å². The highest BCUT2D eigenvalue weighted by Gasteiger charge is 2.17. The average Bonchev–Trinajstić information content (AvgIpc) is 2.83. The summed E-state index contributed by atoms with van der Waals surface area (Å²) in [6, 6.07) is 1.74. The second-order valence-electron chi connectivity index (χ2n) is 4.63. The zero-order valence-corrected chi connectivity index (χ0v) is 11.8. The van der Waals surface area contributed by atoms with Crippen LogP contribution in [0.25, 0.3) is 0 Å². The molecule has 2 aromatic rings. The number of aromatic nitrogens is 3. The minimum Gasteiger partial charge on any atom is -0.337 e. The van der Waals surface area contributed by atoms with Crippen molar-refractivity contribution in [2.45, 2.75) is 13.5 Å². The van der Waals surface area contributed by atoms with Crippen LogP contribution < -0.4 is 11.3 Å². The Labute approximate surface area is 117 Å². The van der Waals surface area contributed by atoms with Gasteiger partial charge in [-0.25, -0.2) is 4.98 Å². The lowest BCUT2D eigenvalue weighted by atomic mass is 10.2. The van der Waals surface area contributed by atoms with Gasteiger partial charge in [0.25, 0.3) is 5.91 Å². The van der Waals surface area contributed by atoms with Gasteiger partial charge in [-0.1, -0.05) is 0 Å². The molecule has 0 atom stereocenters. The molecular weight excluding hydrogens is 256 g/mol. The largest absolute Gasteiger partial charge is 0.337 e. The molecule has 0 aliphatic carbocycles. The lowest BCUT2D eigenvalue weighted by molar-refractivity contribution is 0.0781. The standard InChI is InChI=1S/C13H18N6O/c1-9-6-11(17-14)10(7-16-9)13(20)19(3)8-12-15-4-5-18(12)2/h4-7H,8,14H2,1-3H3,(H,16,17). The fourth-order valence-corrected chi connectivity index (χ4v) is 1.89. The maximum atomic E-state index is 12.4. The molecule has 2 heterocycles. The van der Waals surface area contributed by atoms with E-state index in [9.17, 15) is 4.79 Å². The molecule has 20 heavy (non-hydrogen) atoms. The van der Waals surface area contributed by atoms with Crippen LogP contribution in [0.3, 0.4) is 0 Å². The number of rotatable bonds is 4. The van der Waals surface area contributed by atoms with Gasteiger partial charge in [-0.3, -0.25) is 15.6 Å². The predicted molar refractivity (Wildman–Crippen MR) is 75.8 cm³/mol. The van der Waals surface area contributed by atoms with Crippen molar-refractivity contribution >= 4 is 11.6 Å². The molecule has 0 unspecified atom stereocenters. The SMILES string of the molecule is Cc1cc(NN)c(C(=O)N(C)Cc2nccn2C)cn1. The van der Waals surface area contributed by atoms with E-state index in [1.165, 1.54) is 6.20 Å². The van der Waals surface area contributed by atoms with Gasteiger partial charge in [-0.05, 0) is 13.0 Å². The third-order valence-electron chi connectivity index (χ3n) is 3.07. The molecule has 3 N–H and O–H groups in total. The summed E-state index contributed by atoms with van der Waals surface area (Å²) in [5.41, 5.74) is 4.33. The molecule has 2 rings (SSSR count). The molecule has 7 heteroatoms. The smallest absolute Gasteiger partial charge is 0.257 e. The second kappa shape index (κ2) is 5.70. The fraction of sp³-hybridized carbons (Fsp3) is 0.308. The number of nitrogens with two attached hydrogens (primary N) is 1. The summed E-state index contributed by atoms with van der Waals surface area (Å²) < 4.78 is 1.87. The van der Waals surface area contributed by atoms with Crippen LogP contribution in [0.2, 0.25) is 0 Å². The van der Waals surface area contributed by atoms with E-state index in [-0.39, 0.29) is 5.91 Å². The number of aryl methyl sites for hydroxylation is 2. The normalized spacial score (nSPS) is 10.4. The minimum atomic E-state index is -0.159. The van der Waals surface area contributed by atoms with Crippen LogP contribution in [0, 0.1) is 6.92 Å². The van der Waals surface area contributed by atoms with Crippen LogP contribution in [0.15, 0.2) is 24.7 Å². The lowest BCUT2D eigenvalue weighted by Gasteiger charge is -2.18. The molecule has 0 saturated heterocycles. The van der Waals surface area contributed by atoms with Gasteiger partial charge < -0.3 is 14.9 Å². The number of hydrogen-bond acceptors (Lipinski definition) is 5. The highest BCUT2D eigenvalue weighted by atomic mass is 16.2. The topological polar surface area (TPSA) is 89.1 Å². The summed E-state index contributed by atoms with van der Waals surface area (Å²) in [6.45, 7) is 2.26. The average molecular weight is 274 g/mol. The molecule has 0 aliphatic rings. The van der Waals surface area contributed by atoms with Crippen LogP contribution in [0.5, 0.6) is 0 Å². The van der Waals surface area contributed by atoms with Gasteiger partial charge in [0, 0.05) is 38.4 Å². The van der Waals surface area contributed by atoms with Crippen molar-refractivity contribution < 1.29 is 4.79 Å². The first kappa shape index (κ1) is 14.0. The van der Waals surface area contributed by atoms with Crippen molar-refractivity contribution in [1.82, 2.24) is 19.4 Å². The van der Waals surface area contributed by atoms with Crippen LogP contribution >= 0.6 is 0 Å². The first-order valence-electron chi connectivity index (χ1n) is 6.18. The van der Waals surface area contributed by atoms with Crippen LogP contribution in [-0.4, -0.2) is 32.4 Å². The van der Waals surface area contributed by atoms with Gasteiger partial charge >= 0.3 is 0 Å². The number of hydrogen-bond donors (Lipinski definition) is 2. The fourth-order valence-electron chi connectivity index (χ4n) is 1.89. The molecule has 0 aromatic carbocycles. The van der Waals surface area contributed by atoms with Crippen molar-refractivity contribution in [3.8, 4) is 0 Å². The van der Waals surface area contributed by atoms with E-state index in [2.05, 4.69) is 15.4 Å². The summed E-state index contributed by atoms with van der Waals surface area (Å²) in [4.78, 5) is 22.3. The first-order chi connectivity index (χ1) is 9.52. The Morgan fingerprint density at radius 1 is 1.50 bits per heavy atom. The number of amides is 1. The van der Waals surface area contributed by atoms with Gasteiger partial charge in [0.15, 0.2) is 0 Å². The summed E-state index contributed by atoms with van der Waals surface area (Å²) in [5, 5.41) is 0. The van der Waals surface area contributed by atoms with Crippen LogP contribution in [0.4, 0.5) is 5.69 Å². The van der Waals surface area contributed by atoms with E-state index < -0.39 is 0 Å². The summed E-state index contributed by atoms with van der Waals surface area (Å²) >= 11 is 0. The number of anilines is 1. The Morgan fingerprint density at radius 3 is 2.85 bits per heavy atom. The molecule has 106 valence electrons. The third-order valence-corrected chi connectivity index (χ3v) is 3.07. The Bertz CT molecular complexity index is 621. The highest BCUT2D eigenvalue weighted by Crippen LogP contribution is 2.17. The molecule has 0 spiro atoms. The zero-order valence-electron chi connectivity index (χ0n) is 11.8. The maximum absolute atomic E-state index is 12.4. The molecule has 0 saturated carbocycles. The summed E-state index contributed by atoms with van der Waals surface area (Å²) in [5.74, 6) is 6.10. The quantitative estimate of drug-likeness (QED) is 0.632. The zero-order chi connectivity index (χ0) is 14.7. The van der Waals surface area contributed by atoms with E-state index in [0.29, 0.717) is 17.8 Å². The van der Waals surface area contributed by atoms with Crippen molar-refractivity contribution in [1.29, 1.82) is 0 Å². The molecule has 1 amide bonds. The molecule has 0 fully saturated rings. The number of carbonyl (C=O) groups excluding carboxylic acids is 1. The molecular formula is C13H18N6O. The van der Waals surface area contributed by atoms with E-state index in [1.807, 2.05) is 24.7 Å².